The SMILES string of the molecule is Cc1cc(C)c(-c2cc(C=N[C@@H]3CCCC[C@H]3N=Cc3cc(-c4c(C)cc(C)cc4C)cc(C(C)(C)C)c3O)c(O)c(C(C)(C)C)c2)c(C)c1.[Cr].[F][Sb-]([F])([F])([F])([F])[F]. The number of aromatic hydroxyl groups is 2. The Morgan fingerprint density at radius 1 is 0.534 bits per heavy atom. The summed E-state index contributed by atoms with van der Waals surface area (Å²) < 4.78 is 59.6. The van der Waals surface area contributed by atoms with Gasteiger partial charge in [-0.05, 0) is 134 Å². The Labute approximate surface area is 354 Å². The van der Waals surface area contributed by atoms with Crippen LogP contribution < -0.4 is 0 Å². The Bertz CT molecular complexity index is 2020. The standard InChI is InChI=1S/C46H58N2O2.Cr.6FH.Sb/c1-27-17-29(3)41(30(4)18-27)33-21-35(43(49)37(23-33)45(7,8)9)25-47-39-15-13-14-16-40(39)48-26-36-22-34(24-38(44(36)50)46(10,11)12)42-31(5)19-28(2)20-32(42)6;;;;;;;;/h17-26,39-40,49-50H,13-16H2,1-12H3;;6*1H;/q;;;;;;;;+5/p-6/t39-,40-;;;;;;;;/m1......../s1. The summed E-state index contributed by atoms with van der Waals surface area (Å²) in [7, 11) is 0. The first-order valence-electron chi connectivity index (χ1n) is 19.3. The van der Waals surface area contributed by atoms with Crippen molar-refractivity contribution in [3.05, 3.63) is 104 Å². The molecule has 2 N–H and O–H groups in total. The maximum absolute atomic E-state index is 11.6. The Balaban J connectivity index is 0.00000103. The van der Waals surface area contributed by atoms with E-state index < -0.39 is 19.5 Å². The molecular formula is C46H58CrF6N2O2Sb-. The van der Waals surface area contributed by atoms with E-state index in [0.717, 1.165) is 59.1 Å². The van der Waals surface area contributed by atoms with Gasteiger partial charge in [-0.15, -0.1) is 0 Å². The third-order valence-corrected chi connectivity index (χ3v) is 10.3. The zero-order valence-electron chi connectivity index (χ0n) is 35.7. The summed E-state index contributed by atoms with van der Waals surface area (Å²) in [6.45, 7) is 25.8. The first kappa shape index (κ1) is 49.1. The molecular weight excluding hydrogens is 900 g/mol. The number of hydrogen-bond acceptors (Lipinski definition) is 4. The van der Waals surface area contributed by atoms with Gasteiger partial charge in [0.1, 0.15) is 11.5 Å². The molecule has 5 rings (SSSR count). The molecule has 58 heavy (non-hydrogen) atoms. The average molecular weight is 959 g/mol. The van der Waals surface area contributed by atoms with Crippen LogP contribution in [0.25, 0.3) is 22.3 Å². The number of aryl methyl sites for hydroxylation is 6. The zero-order valence-corrected chi connectivity index (χ0v) is 39.5. The van der Waals surface area contributed by atoms with E-state index in [0.29, 0.717) is 11.5 Å². The van der Waals surface area contributed by atoms with Crippen molar-refractivity contribution in [3.8, 4) is 33.8 Å². The number of rotatable bonds is 6. The number of benzene rings is 4. The van der Waals surface area contributed by atoms with Crippen LogP contribution in [0, 0.1) is 41.5 Å². The van der Waals surface area contributed by atoms with E-state index in [9.17, 15) is 27.1 Å². The molecule has 318 valence electrons. The first-order chi connectivity index (χ1) is 25.8. The average Bonchev–Trinajstić information content (AvgIpc) is 3.01. The van der Waals surface area contributed by atoms with Gasteiger partial charge in [0, 0.05) is 52.0 Å². The molecule has 4 aromatic carbocycles. The minimum absolute atomic E-state index is 0. The summed E-state index contributed by atoms with van der Waals surface area (Å²) >= 11 is -11.2. The van der Waals surface area contributed by atoms with Gasteiger partial charge in [-0.1, -0.05) is 89.8 Å². The van der Waals surface area contributed by atoms with Gasteiger partial charge in [-0.25, -0.2) is 0 Å². The van der Waals surface area contributed by atoms with Crippen LogP contribution in [0.3, 0.4) is 0 Å². The van der Waals surface area contributed by atoms with Crippen molar-refractivity contribution >= 4 is 31.9 Å². The van der Waals surface area contributed by atoms with Crippen LogP contribution in [0.5, 0.6) is 11.5 Å². The molecule has 4 nitrogen and oxygen atoms in total. The van der Waals surface area contributed by atoms with Crippen LogP contribution in [0.15, 0.2) is 58.5 Å². The maximum atomic E-state index is 11.6. The molecule has 0 unspecified atom stereocenters. The molecule has 12 heteroatoms. The second-order valence-corrected chi connectivity index (χ2v) is 23.4. The molecule has 0 bridgehead atoms. The summed E-state index contributed by atoms with van der Waals surface area (Å²) in [4.78, 5) is 10.3. The molecule has 0 saturated heterocycles. The van der Waals surface area contributed by atoms with Gasteiger partial charge in [0.15, 0.2) is 0 Å². The third-order valence-electron chi connectivity index (χ3n) is 10.3. The number of phenolic OH excluding ortho intramolecular Hbond substituents is 2. The molecule has 2 atom stereocenters. The van der Waals surface area contributed by atoms with E-state index in [4.69, 9.17) is 9.98 Å². The monoisotopic (exact) mass is 957 g/mol. The summed E-state index contributed by atoms with van der Waals surface area (Å²) in [6, 6.07) is 17.4. The van der Waals surface area contributed by atoms with Crippen molar-refractivity contribution in [2.45, 2.75) is 132 Å². The van der Waals surface area contributed by atoms with Crippen LogP contribution in [-0.4, -0.2) is 54.2 Å². The Hall–Kier alpha value is -3.25. The number of hydrogen-bond donors (Lipinski definition) is 2. The van der Waals surface area contributed by atoms with Gasteiger partial charge < -0.3 is 10.2 Å². The Kier molecular flexibility index (Phi) is 14.4. The molecule has 0 spiro atoms. The molecule has 4 aromatic rings. The molecule has 0 amide bonds. The number of nitrogens with zero attached hydrogens (tertiary/aromatic N) is 2. The molecule has 0 radical (unpaired) electrons. The zero-order chi connectivity index (χ0) is 43.1. The summed E-state index contributed by atoms with van der Waals surface area (Å²) in [5.74, 6) is 0.586. The Morgan fingerprint density at radius 3 is 1.07 bits per heavy atom. The second kappa shape index (κ2) is 17.0. The molecule has 1 aliphatic carbocycles. The molecule has 1 aliphatic rings. The van der Waals surface area contributed by atoms with Crippen LogP contribution in [0.1, 0.15) is 123 Å². The van der Waals surface area contributed by atoms with Crippen molar-refractivity contribution in [1.82, 2.24) is 0 Å². The van der Waals surface area contributed by atoms with Crippen molar-refractivity contribution in [3.63, 3.8) is 0 Å². The summed E-state index contributed by atoms with van der Waals surface area (Å²) in [6.07, 6.45) is 7.81. The molecule has 1 saturated carbocycles. The van der Waals surface area contributed by atoms with Crippen molar-refractivity contribution in [2.24, 2.45) is 9.98 Å². The first-order valence-corrected chi connectivity index (χ1v) is 25.1. The fourth-order valence-electron chi connectivity index (χ4n) is 8.01. The predicted octanol–water partition coefficient (Wildman–Crippen LogP) is 13.9. The van der Waals surface area contributed by atoms with E-state index in [1.165, 1.54) is 44.5 Å². The van der Waals surface area contributed by atoms with Gasteiger partial charge in [-0.2, -0.15) is 0 Å². The van der Waals surface area contributed by atoms with Crippen LogP contribution in [0.2, 0.25) is 0 Å². The third kappa shape index (κ3) is 13.6. The topological polar surface area (TPSA) is 65.2 Å². The van der Waals surface area contributed by atoms with E-state index in [1.54, 1.807) is 0 Å². The quantitative estimate of drug-likeness (QED) is 0.115. The molecule has 0 aromatic heterocycles. The van der Waals surface area contributed by atoms with Gasteiger partial charge in [0.25, 0.3) is 0 Å². The molecule has 0 heterocycles. The number of aliphatic imine (C=N–C) groups is 2. The minimum atomic E-state index is -11.2. The Morgan fingerprint density at radius 2 is 0.810 bits per heavy atom. The summed E-state index contributed by atoms with van der Waals surface area (Å²) in [5.41, 5.74) is 14.9. The number of halogens is 6. The van der Waals surface area contributed by atoms with E-state index >= 15 is 0 Å². The van der Waals surface area contributed by atoms with Gasteiger partial charge in [-0.3, -0.25) is 9.98 Å². The second-order valence-electron chi connectivity index (χ2n) is 17.9. The van der Waals surface area contributed by atoms with Crippen molar-refractivity contribution < 1.29 is 44.5 Å². The van der Waals surface area contributed by atoms with Gasteiger partial charge in [0.2, 0.25) is 0 Å². The van der Waals surface area contributed by atoms with Crippen molar-refractivity contribution in [1.29, 1.82) is 0 Å². The number of phenols is 2. The van der Waals surface area contributed by atoms with Crippen LogP contribution in [0.4, 0.5) is 16.9 Å². The fraction of sp³-hybridized carbons (Fsp3) is 0.435. The van der Waals surface area contributed by atoms with E-state index in [-0.39, 0.29) is 40.3 Å². The van der Waals surface area contributed by atoms with Gasteiger partial charge in [0.05, 0.1) is 12.1 Å². The van der Waals surface area contributed by atoms with Crippen LogP contribution in [-0.2, 0) is 28.2 Å². The van der Waals surface area contributed by atoms with Crippen molar-refractivity contribution in [2.75, 3.05) is 0 Å². The van der Waals surface area contributed by atoms with E-state index in [1.807, 2.05) is 12.4 Å². The molecule has 0 aliphatic heterocycles. The summed E-state index contributed by atoms with van der Waals surface area (Å²) in [5, 5.41) is 23.1. The van der Waals surface area contributed by atoms with Crippen LogP contribution >= 0.6 is 0 Å². The normalized spacial score (nSPS) is 17.7. The predicted molar refractivity (Wildman–Crippen MR) is 227 cm³/mol. The van der Waals surface area contributed by atoms with Gasteiger partial charge >= 0.3 is 36.4 Å². The van der Waals surface area contributed by atoms with E-state index in [2.05, 4.69) is 132 Å². The fourth-order valence-corrected chi connectivity index (χ4v) is 8.01. The molecule has 1 fully saturated rings.